The van der Waals surface area contributed by atoms with Crippen LogP contribution in [-0.4, -0.2) is 24.0 Å². The summed E-state index contributed by atoms with van der Waals surface area (Å²) in [6.45, 7) is 0. The van der Waals surface area contributed by atoms with E-state index in [-0.39, 0.29) is 5.91 Å². The van der Waals surface area contributed by atoms with E-state index in [0.29, 0.717) is 27.0 Å². The first-order chi connectivity index (χ1) is 18.0. The number of ether oxygens (including phenoxy) is 1. The zero-order valence-corrected chi connectivity index (χ0v) is 22.4. The highest BCUT2D eigenvalue weighted by molar-refractivity contribution is 7.21. The zero-order valence-electron chi connectivity index (χ0n) is 20.8. The van der Waals surface area contributed by atoms with Crippen molar-refractivity contribution in [2.75, 3.05) is 18.2 Å². The fraction of sp³-hybridized carbons (Fsp3) is 0.345. The number of amides is 1. The molecule has 1 unspecified atom stereocenters. The topological polar surface area (TPSA) is 94.3 Å². The fourth-order valence-corrected chi connectivity index (χ4v) is 7.94. The van der Waals surface area contributed by atoms with E-state index in [4.69, 9.17) is 15.5 Å². The maximum atomic E-state index is 13.5. The lowest BCUT2D eigenvalue weighted by Crippen LogP contribution is -2.15. The van der Waals surface area contributed by atoms with Crippen LogP contribution in [0.3, 0.4) is 0 Å². The van der Waals surface area contributed by atoms with Crippen LogP contribution >= 0.6 is 22.7 Å². The summed E-state index contributed by atoms with van der Waals surface area (Å²) >= 11 is 2.81. The molecule has 2 aliphatic rings. The molecular formula is C29H29N3O3S2. The number of hydrogen-bond acceptors (Lipinski definition) is 7. The Balaban J connectivity index is 1.31. The molecule has 0 saturated heterocycles. The lowest BCUT2D eigenvalue weighted by Gasteiger charge is -2.24. The van der Waals surface area contributed by atoms with Crippen LogP contribution in [0.4, 0.5) is 10.7 Å². The average Bonchev–Trinajstić information content (AvgIpc) is 3.33. The molecule has 190 valence electrons. The molecule has 4 aromatic rings. The largest absolute Gasteiger partial charge is 0.465 e. The summed E-state index contributed by atoms with van der Waals surface area (Å²) in [5, 5.41) is 4.39. The molecule has 0 radical (unpaired) electrons. The minimum Gasteiger partial charge on any atom is -0.465 e. The molecule has 3 heterocycles. The molecule has 3 aromatic heterocycles. The Kier molecular flexibility index (Phi) is 6.46. The van der Waals surface area contributed by atoms with Gasteiger partial charge in [-0.15, -0.1) is 22.7 Å². The molecule has 1 atom stereocenters. The first-order valence-corrected chi connectivity index (χ1v) is 14.5. The first-order valence-electron chi connectivity index (χ1n) is 12.8. The Morgan fingerprint density at radius 3 is 2.70 bits per heavy atom. The number of esters is 1. The predicted molar refractivity (Wildman–Crippen MR) is 150 cm³/mol. The maximum Gasteiger partial charge on any atom is 0.341 e. The molecule has 0 aliphatic heterocycles. The number of aryl methyl sites for hydroxylation is 2. The number of pyridine rings is 1. The van der Waals surface area contributed by atoms with Crippen LogP contribution in [0.2, 0.25) is 0 Å². The summed E-state index contributed by atoms with van der Waals surface area (Å²) in [6.07, 6.45) is 7.91. The molecule has 0 saturated carbocycles. The number of hydrogen-bond donors (Lipinski definition) is 2. The van der Waals surface area contributed by atoms with Gasteiger partial charge in [0, 0.05) is 16.0 Å². The smallest absolute Gasteiger partial charge is 0.341 e. The van der Waals surface area contributed by atoms with Crippen LogP contribution in [0.1, 0.15) is 78.9 Å². The third-order valence-corrected chi connectivity index (χ3v) is 9.92. The van der Waals surface area contributed by atoms with Crippen molar-refractivity contribution in [2.45, 2.75) is 57.3 Å². The molecule has 2 aliphatic carbocycles. The Morgan fingerprint density at radius 1 is 1.08 bits per heavy atom. The number of carbonyl (C=O) groups excluding carboxylic acids is 2. The summed E-state index contributed by atoms with van der Waals surface area (Å²) in [4.78, 5) is 33.4. The zero-order chi connectivity index (χ0) is 25.5. The number of nitrogens with one attached hydrogen (secondary N) is 1. The molecular weight excluding hydrogens is 502 g/mol. The van der Waals surface area contributed by atoms with E-state index in [9.17, 15) is 9.59 Å². The van der Waals surface area contributed by atoms with Crippen LogP contribution < -0.4 is 11.1 Å². The third-order valence-electron chi connectivity index (χ3n) is 7.60. The minimum atomic E-state index is -0.402. The summed E-state index contributed by atoms with van der Waals surface area (Å²) in [5.41, 5.74) is 12.2. The first kappa shape index (κ1) is 24.1. The number of carbonyl (C=O) groups is 2. The van der Waals surface area contributed by atoms with Gasteiger partial charge in [-0.2, -0.15) is 0 Å². The van der Waals surface area contributed by atoms with Crippen molar-refractivity contribution in [3.05, 3.63) is 74.1 Å². The maximum absolute atomic E-state index is 13.5. The lowest BCUT2D eigenvalue weighted by atomic mass is 9.82. The van der Waals surface area contributed by atoms with E-state index >= 15 is 0 Å². The summed E-state index contributed by atoms with van der Waals surface area (Å²) in [7, 11) is 1.38. The lowest BCUT2D eigenvalue weighted by molar-refractivity contribution is 0.0601. The summed E-state index contributed by atoms with van der Waals surface area (Å²) in [5.74, 6) is -0.245. The number of thiophene rings is 2. The van der Waals surface area contributed by atoms with Crippen molar-refractivity contribution in [2.24, 2.45) is 0 Å². The number of nitrogens with two attached hydrogens (primary N) is 1. The van der Waals surface area contributed by atoms with Gasteiger partial charge in [0.05, 0.1) is 18.4 Å². The van der Waals surface area contributed by atoms with E-state index < -0.39 is 5.97 Å². The van der Waals surface area contributed by atoms with E-state index in [1.807, 2.05) is 6.07 Å². The molecule has 8 heteroatoms. The normalized spacial score (nSPS) is 17.1. The van der Waals surface area contributed by atoms with Crippen LogP contribution in [0.25, 0.3) is 10.2 Å². The molecule has 0 spiro atoms. The molecule has 1 amide bonds. The van der Waals surface area contributed by atoms with Gasteiger partial charge in [-0.25, -0.2) is 9.78 Å². The van der Waals surface area contributed by atoms with Crippen molar-refractivity contribution >= 4 is 55.5 Å². The van der Waals surface area contributed by atoms with Crippen molar-refractivity contribution in [1.29, 1.82) is 0 Å². The van der Waals surface area contributed by atoms with Crippen molar-refractivity contribution in [1.82, 2.24) is 4.98 Å². The van der Waals surface area contributed by atoms with Gasteiger partial charge >= 0.3 is 5.97 Å². The van der Waals surface area contributed by atoms with Gasteiger partial charge in [0.15, 0.2) is 0 Å². The molecule has 1 aromatic carbocycles. The second kappa shape index (κ2) is 9.91. The van der Waals surface area contributed by atoms with E-state index in [0.717, 1.165) is 72.8 Å². The van der Waals surface area contributed by atoms with Crippen LogP contribution in [0.5, 0.6) is 0 Å². The highest BCUT2D eigenvalue weighted by Crippen LogP contribution is 2.41. The third kappa shape index (κ3) is 4.42. The Hall–Kier alpha value is -3.23. The van der Waals surface area contributed by atoms with E-state index in [1.54, 1.807) is 0 Å². The number of anilines is 2. The number of benzene rings is 1. The molecule has 6 rings (SSSR count). The van der Waals surface area contributed by atoms with Gasteiger partial charge in [0.25, 0.3) is 5.91 Å². The minimum absolute atomic E-state index is 0.304. The molecule has 37 heavy (non-hydrogen) atoms. The van der Waals surface area contributed by atoms with Gasteiger partial charge < -0.3 is 15.8 Å². The number of nitrogen functional groups attached to an aromatic ring is 1. The number of aromatic nitrogens is 1. The van der Waals surface area contributed by atoms with Crippen LogP contribution in [0.15, 0.2) is 36.4 Å². The number of nitrogens with zero attached hydrogens (tertiary/aromatic N) is 1. The van der Waals surface area contributed by atoms with Crippen LogP contribution in [-0.2, 0) is 30.4 Å². The highest BCUT2D eigenvalue weighted by Gasteiger charge is 2.29. The Labute approximate surface area is 223 Å². The van der Waals surface area contributed by atoms with Gasteiger partial charge in [-0.05, 0) is 73.6 Å². The Bertz CT molecular complexity index is 1510. The number of methoxy groups -OCH3 is 1. The molecule has 3 N–H and O–H groups in total. The Morgan fingerprint density at radius 2 is 1.89 bits per heavy atom. The second-order valence-corrected chi connectivity index (χ2v) is 12.0. The molecule has 6 nitrogen and oxygen atoms in total. The number of fused-ring (bicyclic) bond motifs is 3. The quantitative estimate of drug-likeness (QED) is 0.231. The standard InChI is InChI=1S/C29H29N3O3S2/c1-35-29(34)23-19-10-6-3-7-11-22(19)36-28(23)32-26(33)25-24(30)20-15-18-14-17(16-8-4-2-5-9-16)12-13-21(18)31-27(20)37-25/h2,4-5,8-9,15,17H,3,6-7,10-14,30H2,1H3,(H,32,33). The van der Waals surface area contributed by atoms with Gasteiger partial charge in [-0.3, -0.25) is 4.79 Å². The predicted octanol–water partition coefficient (Wildman–Crippen LogP) is 6.52. The summed E-state index contributed by atoms with van der Waals surface area (Å²) in [6, 6.07) is 12.7. The van der Waals surface area contributed by atoms with E-state index in [2.05, 4.69) is 35.6 Å². The van der Waals surface area contributed by atoms with Crippen molar-refractivity contribution in [3.8, 4) is 0 Å². The van der Waals surface area contributed by atoms with Gasteiger partial charge in [0.2, 0.25) is 0 Å². The average molecular weight is 532 g/mol. The van der Waals surface area contributed by atoms with Crippen molar-refractivity contribution < 1.29 is 14.3 Å². The summed E-state index contributed by atoms with van der Waals surface area (Å²) < 4.78 is 5.08. The SMILES string of the molecule is COC(=O)c1c(NC(=O)c2sc3nc4c(cc3c2N)CC(c2ccccc2)CC4)sc2c1CCCCC2. The monoisotopic (exact) mass is 531 g/mol. The van der Waals surface area contributed by atoms with Gasteiger partial charge in [-0.1, -0.05) is 36.8 Å². The second-order valence-electron chi connectivity index (χ2n) is 9.86. The van der Waals surface area contributed by atoms with Gasteiger partial charge in [0.1, 0.15) is 14.7 Å². The van der Waals surface area contributed by atoms with Crippen molar-refractivity contribution in [3.63, 3.8) is 0 Å². The van der Waals surface area contributed by atoms with E-state index in [1.165, 1.54) is 45.8 Å². The van der Waals surface area contributed by atoms with Crippen LogP contribution in [0, 0.1) is 0 Å². The highest BCUT2D eigenvalue weighted by atomic mass is 32.1. The molecule has 0 bridgehead atoms. The molecule has 0 fully saturated rings. The number of rotatable bonds is 4. The fourth-order valence-electron chi connectivity index (χ4n) is 5.68.